The molecule has 2 aromatic rings. The molecule has 106 valence electrons. The third-order valence-corrected chi connectivity index (χ3v) is 3.39. The van der Waals surface area contributed by atoms with E-state index in [0.717, 1.165) is 17.0 Å². The number of ether oxygens (including phenoxy) is 1. The van der Waals surface area contributed by atoms with Crippen molar-refractivity contribution in [1.29, 1.82) is 0 Å². The van der Waals surface area contributed by atoms with Gasteiger partial charge in [-0.05, 0) is 47.2 Å². The molecule has 0 bridgehead atoms. The average Bonchev–Trinajstić information content (AvgIpc) is 2.36. The zero-order valence-corrected chi connectivity index (χ0v) is 12.7. The Hall–Kier alpha value is -1.96. The van der Waals surface area contributed by atoms with E-state index in [4.69, 9.17) is 10.5 Å². The number of aryl methyl sites for hydroxylation is 1. The summed E-state index contributed by atoms with van der Waals surface area (Å²) >= 11 is 0. The molecule has 0 saturated heterocycles. The lowest BCUT2D eigenvalue weighted by atomic mass is 9.86. The van der Waals surface area contributed by atoms with E-state index in [2.05, 4.69) is 45.9 Å². The molecule has 2 nitrogen and oxygen atoms in total. The van der Waals surface area contributed by atoms with Gasteiger partial charge < -0.3 is 10.5 Å². The summed E-state index contributed by atoms with van der Waals surface area (Å²) in [5, 5.41) is 0. The molecule has 2 heteroatoms. The zero-order valence-electron chi connectivity index (χ0n) is 12.7. The standard InChI is InChI=1S/C18H23NO/c1-13-10-15(18(2,3)4)8-9-17(13)20-12-14-6-5-7-16(19)11-14/h5-11H,12,19H2,1-4H3. The molecule has 0 fully saturated rings. The van der Waals surface area contributed by atoms with Gasteiger partial charge in [0.15, 0.2) is 0 Å². The van der Waals surface area contributed by atoms with Crippen molar-refractivity contribution in [2.45, 2.75) is 39.7 Å². The van der Waals surface area contributed by atoms with E-state index in [1.165, 1.54) is 11.1 Å². The maximum absolute atomic E-state index is 5.89. The van der Waals surface area contributed by atoms with Crippen LogP contribution in [-0.4, -0.2) is 0 Å². The summed E-state index contributed by atoms with van der Waals surface area (Å²) in [5.74, 6) is 0.931. The first kappa shape index (κ1) is 14.4. The monoisotopic (exact) mass is 269 g/mol. The molecule has 0 radical (unpaired) electrons. The van der Waals surface area contributed by atoms with Crippen LogP contribution in [0, 0.1) is 6.92 Å². The molecule has 0 heterocycles. The van der Waals surface area contributed by atoms with Gasteiger partial charge in [-0.15, -0.1) is 0 Å². The van der Waals surface area contributed by atoms with Crippen molar-refractivity contribution in [2.24, 2.45) is 0 Å². The van der Waals surface area contributed by atoms with Gasteiger partial charge in [0, 0.05) is 5.69 Å². The minimum absolute atomic E-state index is 0.164. The first-order valence-electron chi connectivity index (χ1n) is 6.94. The smallest absolute Gasteiger partial charge is 0.122 e. The van der Waals surface area contributed by atoms with E-state index >= 15 is 0 Å². The van der Waals surface area contributed by atoms with Crippen molar-refractivity contribution >= 4 is 5.69 Å². The third-order valence-electron chi connectivity index (χ3n) is 3.39. The van der Waals surface area contributed by atoms with Crippen LogP contribution >= 0.6 is 0 Å². The Morgan fingerprint density at radius 3 is 2.40 bits per heavy atom. The van der Waals surface area contributed by atoms with Crippen LogP contribution in [0.1, 0.15) is 37.5 Å². The molecule has 0 aliphatic heterocycles. The van der Waals surface area contributed by atoms with Crippen molar-refractivity contribution in [3.63, 3.8) is 0 Å². The second-order valence-corrected chi connectivity index (χ2v) is 6.26. The Bertz CT molecular complexity index is 597. The number of benzene rings is 2. The van der Waals surface area contributed by atoms with Gasteiger partial charge in [-0.3, -0.25) is 0 Å². The summed E-state index contributed by atoms with van der Waals surface area (Å²) in [5.41, 5.74) is 10.3. The highest BCUT2D eigenvalue weighted by Gasteiger charge is 2.14. The van der Waals surface area contributed by atoms with Gasteiger partial charge in [-0.2, -0.15) is 0 Å². The molecular formula is C18H23NO. The fraction of sp³-hybridized carbons (Fsp3) is 0.333. The van der Waals surface area contributed by atoms with E-state index in [1.54, 1.807) is 0 Å². The Balaban J connectivity index is 2.11. The lowest BCUT2D eigenvalue weighted by molar-refractivity contribution is 0.304. The van der Waals surface area contributed by atoms with E-state index in [-0.39, 0.29) is 5.41 Å². The van der Waals surface area contributed by atoms with E-state index < -0.39 is 0 Å². The summed E-state index contributed by atoms with van der Waals surface area (Å²) in [6, 6.07) is 14.2. The van der Waals surface area contributed by atoms with Crippen LogP contribution in [0.4, 0.5) is 5.69 Å². The molecule has 0 saturated carbocycles. The van der Waals surface area contributed by atoms with Crippen molar-refractivity contribution in [2.75, 3.05) is 5.73 Å². The van der Waals surface area contributed by atoms with Gasteiger partial charge in [0.05, 0.1) is 0 Å². The van der Waals surface area contributed by atoms with Gasteiger partial charge in [-0.1, -0.05) is 45.0 Å². The van der Waals surface area contributed by atoms with Crippen LogP contribution in [0.3, 0.4) is 0 Å². The Morgan fingerprint density at radius 1 is 1.05 bits per heavy atom. The topological polar surface area (TPSA) is 35.2 Å². The van der Waals surface area contributed by atoms with Gasteiger partial charge in [0.1, 0.15) is 12.4 Å². The Kier molecular flexibility index (Phi) is 4.03. The molecule has 0 aliphatic carbocycles. The van der Waals surface area contributed by atoms with E-state index in [0.29, 0.717) is 6.61 Å². The number of nitrogens with two attached hydrogens (primary N) is 1. The van der Waals surface area contributed by atoms with Gasteiger partial charge in [0.25, 0.3) is 0 Å². The molecule has 0 unspecified atom stereocenters. The van der Waals surface area contributed by atoms with Crippen molar-refractivity contribution in [3.05, 3.63) is 59.2 Å². The molecule has 0 amide bonds. The molecule has 0 atom stereocenters. The normalized spacial score (nSPS) is 11.4. The number of nitrogen functional groups attached to an aromatic ring is 1. The van der Waals surface area contributed by atoms with E-state index in [1.807, 2.05) is 24.3 Å². The quantitative estimate of drug-likeness (QED) is 0.835. The number of hydrogen-bond donors (Lipinski definition) is 1. The average molecular weight is 269 g/mol. The van der Waals surface area contributed by atoms with Crippen molar-refractivity contribution < 1.29 is 4.74 Å². The summed E-state index contributed by atoms with van der Waals surface area (Å²) in [6.07, 6.45) is 0. The second kappa shape index (κ2) is 5.58. The highest BCUT2D eigenvalue weighted by molar-refractivity contribution is 5.41. The van der Waals surface area contributed by atoms with Gasteiger partial charge in [0.2, 0.25) is 0 Å². The Morgan fingerprint density at radius 2 is 1.80 bits per heavy atom. The largest absolute Gasteiger partial charge is 0.489 e. The zero-order chi connectivity index (χ0) is 14.8. The first-order valence-corrected chi connectivity index (χ1v) is 6.94. The maximum Gasteiger partial charge on any atom is 0.122 e. The van der Waals surface area contributed by atoms with Crippen LogP contribution in [-0.2, 0) is 12.0 Å². The summed E-state index contributed by atoms with van der Waals surface area (Å²) in [6.45, 7) is 9.28. The first-order chi connectivity index (χ1) is 9.36. The predicted octanol–water partition coefficient (Wildman–Crippen LogP) is 4.45. The lowest BCUT2D eigenvalue weighted by Gasteiger charge is -2.20. The summed E-state index contributed by atoms with van der Waals surface area (Å²) < 4.78 is 5.89. The summed E-state index contributed by atoms with van der Waals surface area (Å²) in [7, 11) is 0. The molecular weight excluding hydrogens is 246 g/mol. The number of anilines is 1. The predicted molar refractivity (Wildman–Crippen MR) is 85.1 cm³/mol. The lowest BCUT2D eigenvalue weighted by Crippen LogP contribution is -2.11. The molecule has 2 rings (SSSR count). The van der Waals surface area contributed by atoms with Crippen molar-refractivity contribution in [3.8, 4) is 5.75 Å². The van der Waals surface area contributed by atoms with Gasteiger partial charge >= 0.3 is 0 Å². The van der Waals surface area contributed by atoms with Crippen LogP contribution in [0.15, 0.2) is 42.5 Å². The minimum Gasteiger partial charge on any atom is -0.489 e. The van der Waals surface area contributed by atoms with Crippen LogP contribution in [0.5, 0.6) is 5.75 Å². The van der Waals surface area contributed by atoms with Crippen molar-refractivity contribution in [1.82, 2.24) is 0 Å². The fourth-order valence-corrected chi connectivity index (χ4v) is 2.12. The molecule has 0 aliphatic rings. The molecule has 0 spiro atoms. The van der Waals surface area contributed by atoms with Crippen LogP contribution < -0.4 is 10.5 Å². The van der Waals surface area contributed by atoms with Crippen LogP contribution in [0.25, 0.3) is 0 Å². The molecule has 0 aromatic heterocycles. The number of hydrogen-bond acceptors (Lipinski definition) is 2. The SMILES string of the molecule is Cc1cc(C(C)(C)C)ccc1OCc1cccc(N)c1. The highest BCUT2D eigenvalue weighted by atomic mass is 16.5. The number of rotatable bonds is 3. The van der Waals surface area contributed by atoms with Gasteiger partial charge in [-0.25, -0.2) is 0 Å². The minimum atomic E-state index is 0.164. The van der Waals surface area contributed by atoms with E-state index in [9.17, 15) is 0 Å². The molecule has 2 N–H and O–H groups in total. The Labute approximate surface area is 121 Å². The molecule has 20 heavy (non-hydrogen) atoms. The van der Waals surface area contributed by atoms with Crippen LogP contribution in [0.2, 0.25) is 0 Å². The maximum atomic E-state index is 5.89. The second-order valence-electron chi connectivity index (χ2n) is 6.26. The third kappa shape index (κ3) is 3.53. The fourth-order valence-electron chi connectivity index (χ4n) is 2.12. The summed E-state index contributed by atoms with van der Waals surface area (Å²) in [4.78, 5) is 0. The highest BCUT2D eigenvalue weighted by Crippen LogP contribution is 2.28. The molecule has 2 aromatic carbocycles.